The van der Waals surface area contributed by atoms with Crippen LogP contribution in [0.4, 0.5) is 0 Å². The summed E-state index contributed by atoms with van der Waals surface area (Å²) in [6, 6.07) is 10.1. The van der Waals surface area contributed by atoms with E-state index in [0.717, 1.165) is 0 Å². The van der Waals surface area contributed by atoms with Gasteiger partial charge in [-0.15, -0.1) is 0 Å². The minimum absolute atomic E-state index is 0.00457. The van der Waals surface area contributed by atoms with Crippen LogP contribution in [0.5, 0.6) is 46.0 Å². The normalized spacial score (nSPS) is 16.4. The molecule has 3 aromatic rings. The fraction of sp³-hybridized carbons (Fsp3) is 0.267. The molecule has 2 aliphatic heterocycles. The van der Waals surface area contributed by atoms with E-state index in [0.29, 0.717) is 68.2 Å². The molecule has 0 aliphatic carbocycles. The lowest BCUT2D eigenvalue weighted by atomic mass is 9.84. The average molecular weight is 549 g/mol. The maximum atomic E-state index is 13.5. The van der Waals surface area contributed by atoms with Gasteiger partial charge in [0.2, 0.25) is 11.5 Å². The summed E-state index contributed by atoms with van der Waals surface area (Å²) in [6.45, 7) is 0. The Balaban J connectivity index is 1.64. The van der Waals surface area contributed by atoms with Crippen molar-refractivity contribution in [1.29, 1.82) is 0 Å². The lowest BCUT2D eigenvalue weighted by Gasteiger charge is -2.28. The zero-order valence-electron chi connectivity index (χ0n) is 22.9. The van der Waals surface area contributed by atoms with E-state index in [4.69, 9.17) is 37.9 Å². The number of esters is 1. The summed E-state index contributed by atoms with van der Waals surface area (Å²) in [5.74, 6) is 2.03. The summed E-state index contributed by atoms with van der Waals surface area (Å²) in [5.41, 5.74) is 2.10. The van der Waals surface area contributed by atoms with Crippen LogP contribution in [-0.4, -0.2) is 54.4 Å². The zero-order chi connectivity index (χ0) is 28.6. The van der Waals surface area contributed by atoms with Gasteiger partial charge in [-0.05, 0) is 36.4 Å². The molecule has 0 saturated carbocycles. The first-order chi connectivity index (χ1) is 19.4. The molecule has 3 aromatic carbocycles. The third kappa shape index (κ3) is 4.31. The summed E-state index contributed by atoms with van der Waals surface area (Å²) in [5, 5.41) is 0. The number of carbonyl (C=O) groups excluding carboxylic acids is 2. The highest BCUT2D eigenvalue weighted by Crippen LogP contribution is 2.52. The maximum absolute atomic E-state index is 13.5. The Morgan fingerprint density at radius 2 is 1.40 bits per heavy atom. The Bertz CT molecular complexity index is 1540. The highest BCUT2D eigenvalue weighted by Gasteiger charge is 2.40. The fourth-order valence-corrected chi connectivity index (χ4v) is 5.08. The Kier molecular flexibility index (Phi) is 7.17. The minimum atomic E-state index is -0.552. The summed E-state index contributed by atoms with van der Waals surface area (Å²) < 4.78 is 44.8. The number of allylic oxidation sites excluding steroid dienone is 1. The first kappa shape index (κ1) is 26.7. The number of hydrogen-bond acceptors (Lipinski definition) is 10. The predicted molar refractivity (Wildman–Crippen MR) is 144 cm³/mol. The van der Waals surface area contributed by atoms with Crippen molar-refractivity contribution in [1.82, 2.24) is 0 Å². The van der Waals surface area contributed by atoms with Gasteiger partial charge in [0.25, 0.3) is 0 Å². The van der Waals surface area contributed by atoms with Gasteiger partial charge in [0.1, 0.15) is 17.2 Å². The molecule has 2 heterocycles. The fourth-order valence-electron chi connectivity index (χ4n) is 5.08. The second kappa shape index (κ2) is 10.7. The van der Waals surface area contributed by atoms with Crippen LogP contribution in [-0.2, 0) is 4.79 Å². The molecule has 0 radical (unpaired) electrons. The van der Waals surface area contributed by atoms with Gasteiger partial charge >= 0.3 is 5.97 Å². The first-order valence-electron chi connectivity index (χ1n) is 12.3. The van der Waals surface area contributed by atoms with E-state index in [-0.39, 0.29) is 18.0 Å². The first-order valence-corrected chi connectivity index (χ1v) is 12.3. The largest absolute Gasteiger partial charge is 0.496 e. The highest BCUT2D eigenvalue weighted by molar-refractivity contribution is 6.15. The third-order valence-corrected chi connectivity index (χ3v) is 6.91. The number of fused-ring (bicyclic) bond motifs is 3. The molecule has 10 nitrogen and oxygen atoms in total. The molecule has 10 heteroatoms. The third-order valence-electron chi connectivity index (χ3n) is 6.91. The molecular formula is C30H28O10. The molecule has 5 rings (SSSR count). The molecule has 0 amide bonds. The van der Waals surface area contributed by atoms with Crippen LogP contribution in [0.25, 0.3) is 6.08 Å². The highest BCUT2D eigenvalue weighted by atomic mass is 16.5. The topological polar surface area (TPSA) is 108 Å². The van der Waals surface area contributed by atoms with Crippen LogP contribution >= 0.6 is 0 Å². The van der Waals surface area contributed by atoms with E-state index in [9.17, 15) is 9.59 Å². The van der Waals surface area contributed by atoms with Crippen LogP contribution in [0.2, 0.25) is 0 Å². The SMILES string of the molecule is COc1cc(OC)c(C2CC(=O)Oc3ccc4c(c32)O/C(=C\c2ccc(OC)c(OC)c2OC)C4=O)cc1OC. The van der Waals surface area contributed by atoms with Crippen molar-refractivity contribution in [3.63, 3.8) is 0 Å². The van der Waals surface area contributed by atoms with Gasteiger partial charge in [0.05, 0.1) is 54.6 Å². The predicted octanol–water partition coefficient (Wildman–Crippen LogP) is 4.80. The molecule has 0 aromatic heterocycles. The van der Waals surface area contributed by atoms with Crippen LogP contribution < -0.4 is 37.9 Å². The van der Waals surface area contributed by atoms with E-state index in [1.807, 2.05) is 0 Å². The van der Waals surface area contributed by atoms with E-state index in [1.165, 1.54) is 42.7 Å². The summed E-state index contributed by atoms with van der Waals surface area (Å²) in [6.07, 6.45) is 1.58. The van der Waals surface area contributed by atoms with Crippen molar-refractivity contribution in [3.8, 4) is 46.0 Å². The van der Waals surface area contributed by atoms with Crippen LogP contribution in [0, 0.1) is 0 Å². The Morgan fingerprint density at radius 3 is 2.05 bits per heavy atom. The molecule has 0 N–H and O–H groups in total. The van der Waals surface area contributed by atoms with Gasteiger partial charge < -0.3 is 37.9 Å². The average Bonchev–Trinajstić information content (AvgIpc) is 3.29. The van der Waals surface area contributed by atoms with Crippen molar-refractivity contribution >= 4 is 17.8 Å². The van der Waals surface area contributed by atoms with Gasteiger partial charge in [-0.2, -0.15) is 0 Å². The Hall–Kier alpha value is -4.86. The summed E-state index contributed by atoms with van der Waals surface area (Å²) >= 11 is 0. The minimum Gasteiger partial charge on any atom is -0.496 e. The lowest BCUT2D eigenvalue weighted by molar-refractivity contribution is -0.135. The van der Waals surface area contributed by atoms with Gasteiger partial charge in [0, 0.05) is 28.7 Å². The smallest absolute Gasteiger partial charge is 0.312 e. The molecule has 0 saturated heterocycles. The van der Waals surface area contributed by atoms with E-state index in [1.54, 1.807) is 42.5 Å². The van der Waals surface area contributed by atoms with E-state index >= 15 is 0 Å². The van der Waals surface area contributed by atoms with Crippen molar-refractivity contribution in [2.45, 2.75) is 12.3 Å². The zero-order valence-corrected chi connectivity index (χ0v) is 22.9. The van der Waals surface area contributed by atoms with Crippen molar-refractivity contribution in [2.24, 2.45) is 0 Å². The quantitative estimate of drug-likeness (QED) is 0.221. The molecule has 0 bridgehead atoms. The van der Waals surface area contributed by atoms with Gasteiger partial charge in [-0.1, -0.05) is 0 Å². The Morgan fingerprint density at radius 1 is 0.725 bits per heavy atom. The second-order valence-corrected chi connectivity index (χ2v) is 8.90. The maximum Gasteiger partial charge on any atom is 0.312 e. The van der Waals surface area contributed by atoms with E-state index < -0.39 is 11.9 Å². The number of rotatable bonds is 8. The van der Waals surface area contributed by atoms with Crippen molar-refractivity contribution < 1.29 is 47.5 Å². The number of hydrogen-bond donors (Lipinski definition) is 0. The lowest BCUT2D eigenvalue weighted by Crippen LogP contribution is -2.22. The molecule has 0 fully saturated rings. The Labute approximate surface area is 230 Å². The molecule has 40 heavy (non-hydrogen) atoms. The van der Waals surface area contributed by atoms with Gasteiger partial charge in [0.15, 0.2) is 28.8 Å². The molecule has 1 unspecified atom stereocenters. The number of benzene rings is 3. The molecule has 1 atom stereocenters. The van der Waals surface area contributed by atoms with Crippen LogP contribution in [0.3, 0.4) is 0 Å². The summed E-state index contributed by atoms with van der Waals surface area (Å²) in [7, 11) is 9.10. The number of methoxy groups -OCH3 is 6. The van der Waals surface area contributed by atoms with Crippen molar-refractivity contribution in [2.75, 3.05) is 42.7 Å². The molecular weight excluding hydrogens is 520 g/mol. The number of carbonyl (C=O) groups is 2. The van der Waals surface area contributed by atoms with E-state index in [2.05, 4.69) is 0 Å². The van der Waals surface area contributed by atoms with Crippen LogP contribution in [0.15, 0.2) is 42.2 Å². The number of ketones is 1. The standard InChI is InChI=1S/C30H28O10/c1-33-20-9-7-15(28(37-5)30(20)38-6)11-24-27(32)16-8-10-19-26(29(16)40-24)18(13-25(31)39-19)17-12-22(35-3)23(36-4)14-21(17)34-2/h7-12,14,18H,13H2,1-6H3/b24-11-. The second-order valence-electron chi connectivity index (χ2n) is 8.90. The molecule has 0 spiro atoms. The summed E-state index contributed by atoms with van der Waals surface area (Å²) in [4.78, 5) is 26.2. The monoisotopic (exact) mass is 548 g/mol. The number of ether oxygens (including phenoxy) is 8. The van der Waals surface area contributed by atoms with Crippen molar-refractivity contribution in [3.05, 3.63) is 64.4 Å². The molecule has 2 aliphatic rings. The van der Waals surface area contributed by atoms with Gasteiger partial charge in [-0.3, -0.25) is 9.59 Å². The van der Waals surface area contributed by atoms with Gasteiger partial charge in [-0.25, -0.2) is 0 Å². The molecule has 208 valence electrons. The van der Waals surface area contributed by atoms with Crippen LogP contribution in [0.1, 0.15) is 39.4 Å². The number of Topliss-reactive ketones (excluding diaryl/α,β-unsaturated/α-hetero) is 1.